The van der Waals surface area contributed by atoms with Gasteiger partial charge < -0.3 is 5.11 Å². The van der Waals surface area contributed by atoms with E-state index in [1.54, 1.807) is 5.57 Å². The van der Waals surface area contributed by atoms with E-state index in [9.17, 15) is 5.11 Å². The van der Waals surface area contributed by atoms with Crippen molar-refractivity contribution >= 4 is 27.3 Å². The quantitative estimate of drug-likeness (QED) is 0.459. The summed E-state index contributed by atoms with van der Waals surface area (Å²) in [4.78, 5) is 0. The summed E-state index contributed by atoms with van der Waals surface area (Å²) in [7, 11) is 0. The molecular formula is C27H35BrN2O. The van der Waals surface area contributed by atoms with E-state index in [0.717, 1.165) is 35.1 Å². The maximum Gasteiger partial charge on any atom is 0.0615 e. The number of anilines is 1. The van der Waals surface area contributed by atoms with Crippen LogP contribution in [0.1, 0.15) is 65.7 Å². The van der Waals surface area contributed by atoms with Crippen LogP contribution >= 0.6 is 15.9 Å². The number of aliphatic hydroxyl groups is 1. The number of hydrazone groups is 1. The molecule has 3 nitrogen and oxygen atoms in total. The van der Waals surface area contributed by atoms with Crippen molar-refractivity contribution < 1.29 is 5.11 Å². The highest BCUT2D eigenvalue weighted by atomic mass is 79.9. The van der Waals surface area contributed by atoms with E-state index in [4.69, 9.17) is 5.10 Å². The number of benzene rings is 1. The second-order valence-electron chi connectivity index (χ2n) is 11.5. The molecule has 1 aromatic rings. The first-order valence-corrected chi connectivity index (χ1v) is 13.1. The van der Waals surface area contributed by atoms with Gasteiger partial charge in [-0.25, -0.2) is 0 Å². The van der Waals surface area contributed by atoms with Crippen LogP contribution in [0.3, 0.4) is 0 Å². The van der Waals surface area contributed by atoms with Crippen molar-refractivity contribution in [3.8, 4) is 0 Å². The van der Waals surface area contributed by atoms with Crippen LogP contribution in [0.15, 0.2) is 45.5 Å². The number of hydrogen-bond donors (Lipinski definition) is 1. The zero-order chi connectivity index (χ0) is 21.5. The van der Waals surface area contributed by atoms with Crippen LogP contribution in [0.4, 0.5) is 5.69 Å². The van der Waals surface area contributed by atoms with Crippen molar-refractivity contribution in [1.29, 1.82) is 0 Å². The Labute approximate surface area is 195 Å². The summed E-state index contributed by atoms with van der Waals surface area (Å²) in [6, 6.07) is 9.19. The van der Waals surface area contributed by atoms with Crippen molar-refractivity contribution in [3.63, 3.8) is 0 Å². The molecule has 31 heavy (non-hydrogen) atoms. The molecule has 6 rings (SSSR count). The molecule has 0 radical (unpaired) electrons. The standard InChI is InChI=1S/C27H35BrN2O/c1-16-25-24(30(29-16)19-7-5-18(28)6-8-19)15-23-21-9-4-17-14-20(31)10-12-26(17,2)22(21)11-13-27(23,25)3/h4-8,20-25,31H,9-15H2,1-3H3/t20-,21+,22-,23-,24+,25+,26-,27-/m0/s1. The third-order valence-corrected chi connectivity index (χ3v) is 10.8. The zero-order valence-electron chi connectivity index (χ0n) is 19.0. The van der Waals surface area contributed by atoms with Gasteiger partial charge in [-0.05, 0) is 105 Å². The predicted molar refractivity (Wildman–Crippen MR) is 130 cm³/mol. The minimum absolute atomic E-state index is 0.117. The van der Waals surface area contributed by atoms with E-state index < -0.39 is 0 Å². The van der Waals surface area contributed by atoms with Crippen LogP contribution < -0.4 is 5.01 Å². The summed E-state index contributed by atoms with van der Waals surface area (Å²) in [5.41, 5.74) is 4.82. The lowest BCUT2D eigenvalue weighted by Gasteiger charge is -2.57. The van der Waals surface area contributed by atoms with Crippen molar-refractivity contribution in [3.05, 3.63) is 40.4 Å². The third-order valence-electron chi connectivity index (χ3n) is 10.2. The Morgan fingerprint density at radius 1 is 1.10 bits per heavy atom. The lowest BCUT2D eigenvalue weighted by Crippen LogP contribution is -2.50. The predicted octanol–water partition coefficient (Wildman–Crippen LogP) is 6.56. The van der Waals surface area contributed by atoms with Gasteiger partial charge in [0.1, 0.15) is 0 Å². The second kappa shape index (κ2) is 6.93. The molecule has 8 atom stereocenters. The van der Waals surface area contributed by atoms with Gasteiger partial charge in [0, 0.05) is 16.1 Å². The molecule has 0 aromatic heterocycles. The number of rotatable bonds is 1. The monoisotopic (exact) mass is 482 g/mol. The molecule has 0 amide bonds. The molecule has 1 heterocycles. The fourth-order valence-corrected chi connectivity index (χ4v) is 9.07. The van der Waals surface area contributed by atoms with E-state index in [0.29, 0.717) is 22.8 Å². The maximum absolute atomic E-state index is 10.3. The Balaban J connectivity index is 1.34. The van der Waals surface area contributed by atoms with E-state index in [1.165, 1.54) is 43.5 Å². The molecule has 1 aromatic carbocycles. The summed E-state index contributed by atoms with van der Waals surface area (Å²) >= 11 is 3.58. The average molecular weight is 483 g/mol. The average Bonchev–Trinajstić information content (AvgIpc) is 3.24. The molecular weight excluding hydrogens is 448 g/mol. The van der Waals surface area contributed by atoms with Crippen LogP contribution in [0, 0.1) is 34.5 Å². The fraction of sp³-hybridized carbons (Fsp3) is 0.667. The van der Waals surface area contributed by atoms with Gasteiger partial charge in [0.2, 0.25) is 0 Å². The van der Waals surface area contributed by atoms with Gasteiger partial charge in [0.05, 0.1) is 17.8 Å². The van der Waals surface area contributed by atoms with Crippen LogP contribution in [0.5, 0.6) is 0 Å². The highest BCUT2D eigenvalue weighted by molar-refractivity contribution is 9.10. The van der Waals surface area contributed by atoms with E-state index in [-0.39, 0.29) is 6.10 Å². The number of allylic oxidation sites excluding steroid dienone is 1. The van der Waals surface area contributed by atoms with Crippen molar-refractivity contribution in [2.45, 2.75) is 77.9 Å². The minimum atomic E-state index is -0.117. The SMILES string of the molecule is CC1=NN(c2ccc(Br)cc2)[C@@H]2C[C@H]3[C@@H]4CC=C5C[C@@H](O)CC[C@]5(C)[C@H]4CC[C@]3(C)[C@H]12. The molecule has 4 heteroatoms. The van der Waals surface area contributed by atoms with Crippen molar-refractivity contribution in [2.75, 3.05) is 5.01 Å². The molecule has 166 valence electrons. The second-order valence-corrected chi connectivity index (χ2v) is 12.5. The molecule has 0 spiro atoms. The topological polar surface area (TPSA) is 35.8 Å². The molecule has 1 N–H and O–H groups in total. The molecule has 3 saturated carbocycles. The Morgan fingerprint density at radius 2 is 1.87 bits per heavy atom. The summed E-state index contributed by atoms with van der Waals surface area (Å²) in [5, 5.41) is 17.7. The van der Waals surface area contributed by atoms with Gasteiger partial charge in [-0.1, -0.05) is 41.4 Å². The van der Waals surface area contributed by atoms with Crippen molar-refractivity contribution in [1.82, 2.24) is 0 Å². The van der Waals surface area contributed by atoms with E-state index in [1.807, 2.05) is 0 Å². The van der Waals surface area contributed by atoms with E-state index >= 15 is 0 Å². The maximum atomic E-state index is 10.3. The summed E-state index contributed by atoms with van der Waals surface area (Å²) < 4.78 is 1.12. The smallest absolute Gasteiger partial charge is 0.0615 e. The minimum Gasteiger partial charge on any atom is -0.393 e. The summed E-state index contributed by atoms with van der Waals surface area (Å²) in [5.74, 6) is 2.92. The van der Waals surface area contributed by atoms with Crippen molar-refractivity contribution in [2.24, 2.45) is 39.6 Å². The first-order valence-electron chi connectivity index (χ1n) is 12.3. The van der Waals surface area contributed by atoms with Gasteiger partial charge in [0.15, 0.2) is 0 Å². The van der Waals surface area contributed by atoms with Gasteiger partial charge in [0.25, 0.3) is 0 Å². The Hall–Kier alpha value is -1.13. The van der Waals surface area contributed by atoms with Gasteiger partial charge in [-0.15, -0.1) is 0 Å². The van der Waals surface area contributed by atoms with Gasteiger partial charge in [-0.2, -0.15) is 5.10 Å². The Kier molecular flexibility index (Phi) is 4.58. The largest absolute Gasteiger partial charge is 0.393 e. The molecule has 0 saturated heterocycles. The Bertz CT molecular complexity index is 954. The first kappa shape index (κ1) is 20.5. The fourth-order valence-electron chi connectivity index (χ4n) is 8.80. The Morgan fingerprint density at radius 3 is 2.65 bits per heavy atom. The van der Waals surface area contributed by atoms with Crippen LogP contribution in [-0.2, 0) is 0 Å². The number of aliphatic hydroxyl groups excluding tert-OH is 1. The molecule has 5 aliphatic rings. The summed E-state index contributed by atoms with van der Waals surface area (Å²) in [6.45, 7) is 7.40. The first-order chi connectivity index (χ1) is 14.8. The third kappa shape index (κ3) is 2.83. The number of hydrogen-bond acceptors (Lipinski definition) is 3. The highest BCUT2D eigenvalue weighted by Crippen LogP contribution is 2.67. The molecule has 0 unspecified atom stereocenters. The molecule has 4 aliphatic carbocycles. The van der Waals surface area contributed by atoms with Gasteiger partial charge in [-0.3, -0.25) is 5.01 Å². The lowest BCUT2D eigenvalue weighted by molar-refractivity contribution is -0.0422. The molecule has 1 aliphatic heterocycles. The molecule has 3 fully saturated rings. The van der Waals surface area contributed by atoms with Crippen LogP contribution in [0.25, 0.3) is 0 Å². The lowest BCUT2D eigenvalue weighted by atomic mass is 9.47. The zero-order valence-corrected chi connectivity index (χ0v) is 20.6. The van der Waals surface area contributed by atoms with E-state index in [2.05, 4.69) is 72.1 Å². The summed E-state index contributed by atoms with van der Waals surface area (Å²) in [6.07, 6.45) is 10.7. The van der Waals surface area contributed by atoms with Crippen LogP contribution in [0.2, 0.25) is 0 Å². The number of halogens is 1. The van der Waals surface area contributed by atoms with Gasteiger partial charge >= 0.3 is 0 Å². The van der Waals surface area contributed by atoms with Crippen LogP contribution in [-0.4, -0.2) is 23.0 Å². The number of fused-ring (bicyclic) bond motifs is 7. The normalized spacial score (nSPS) is 45.9. The highest BCUT2D eigenvalue weighted by Gasteiger charge is 2.64. The molecule has 0 bridgehead atoms. The number of nitrogens with zero attached hydrogens (tertiary/aromatic N) is 2.